The molecule has 1 aromatic rings. The first-order valence-corrected chi connectivity index (χ1v) is 10.6. The summed E-state index contributed by atoms with van der Waals surface area (Å²) in [5.41, 5.74) is 0.721. The van der Waals surface area contributed by atoms with Crippen LogP contribution in [0.3, 0.4) is 0 Å². The lowest BCUT2D eigenvalue weighted by atomic mass is 10.1. The summed E-state index contributed by atoms with van der Waals surface area (Å²) >= 11 is 0. The van der Waals surface area contributed by atoms with E-state index < -0.39 is 16.1 Å². The van der Waals surface area contributed by atoms with Crippen LogP contribution < -0.4 is 9.62 Å². The monoisotopic (exact) mass is 379 g/mol. The summed E-state index contributed by atoms with van der Waals surface area (Å²) in [5.74, 6) is 0.0592. The van der Waals surface area contributed by atoms with E-state index in [1.807, 2.05) is 6.92 Å². The van der Waals surface area contributed by atoms with Crippen molar-refractivity contribution in [3.8, 4) is 0 Å². The zero-order chi connectivity index (χ0) is 18.7. The largest absolute Gasteiger partial charge is 0.341 e. The molecule has 1 aromatic carbocycles. The molecule has 8 heteroatoms. The Hall–Kier alpha value is -1.93. The topological polar surface area (TPSA) is 86.8 Å². The van der Waals surface area contributed by atoms with Gasteiger partial charge < -0.3 is 9.80 Å². The van der Waals surface area contributed by atoms with Crippen molar-refractivity contribution in [1.82, 2.24) is 9.62 Å². The van der Waals surface area contributed by atoms with Gasteiger partial charge >= 0.3 is 0 Å². The molecule has 0 bridgehead atoms. The first kappa shape index (κ1) is 18.8. The lowest BCUT2D eigenvalue weighted by Crippen LogP contribution is -2.37. The van der Waals surface area contributed by atoms with Gasteiger partial charge in [-0.3, -0.25) is 9.59 Å². The number of carbonyl (C=O) groups excluding carboxylic acids is 2. The minimum absolute atomic E-state index is 0.0153. The number of nitrogens with zero attached hydrogens (tertiary/aromatic N) is 2. The van der Waals surface area contributed by atoms with Crippen LogP contribution in [0.25, 0.3) is 0 Å². The van der Waals surface area contributed by atoms with Crippen LogP contribution in [0.2, 0.25) is 0 Å². The summed E-state index contributed by atoms with van der Waals surface area (Å²) in [6, 6.07) is 5.96. The Morgan fingerprint density at radius 1 is 1.12 bits per heavy atom. The number of hydrogen-bond donors (Lipinski definition) is 1. The van der Waals surface area contributed by atoms with Gasteiger partial charge in [-0.15, -0.1) is 0 Å². The molecule has 1 N–H and O–H groups in total. The Morgan fingerprint density at radius 3 is 2.50 bits per heavy atom. The fraction of sp³-hybridized carbons (Fsp3) is 0.556. The number of anilines is 1. The maximum absolute atomic E-state index is 12.6. The average molecular weight is 379 g/mol. The molecule has 142 valence electrons. The van der Waals surface area contributed by atoms with Gasteiger partial charge in [0.15, 0.2) is 0 Å². The highest BCUT2D eigenvalue weighted by molar-refractivity contribution is 7.89. The van der Waals surface area contributed by atoms with E-state index in [1.165, 1.54) is 12.1 Å². The number of hydrogen-bond acceptors (Lipinski definition) is 4. The van der Waals surface area contributed by atoms with Crippen molar-refractivity contribution in [3.05, 3.63) is 24.3 Å². The molecule has 1 atom stereocenters. The zero-order valence-corrected chi connectivity index (χ0v) is 15.8. The van der Waals surface area contributed by atoms with E-state index in [0.717, 1.165) is 24.9 Å². The van der Waals surface area contributed by atoms with Gasteiger partial charge in [0, 0.05) is 44.2 Å². The van der Waals surface area contributed by atoms with E-state index in [4.69, 9.17) is 0 Å². The van der Waals surface area contributed by atoms with E-state index >= 15 is 0 Å². The minimum atomic E-state index is -3.70. The molecule has 0 aliphatic carbocycles. The van der Waals surface area contributed by atoms with E-state index in [2.05, 4.69) is 4.72 Å². The molecule has 0 aromatic heterocycles. The number of amides is 2. The van der Waals surface area contributed by atoms with Crippen molar-refractivity contribution >= 4 is 27.5 Å². The summed E-state index contributed by atoms with van der Waals surface area (Å²) in [5, 5.41) is 0. The summed E-state index contributed by atoms with van der Waals surface area (Å²) < 4.78 is 27.8. The lowest BCUT2D eigenvalue weighted by molar-refractivity contribution is -0.127. The number of benzene rings is 1. The van der Waals surface area contributed by atoms with E-state index in [-0.39, 0.29) is 23.1 Å². The molecule has 0 radical (unpaired) electrons. The van der Waals surface area contributed by atoms with E-state index in [0.29, 0.717) is 26.1 Å². The quantitative estimate of drug-likeness (QED) is 0.811. The second kappa shape index (κ2) is 7.75. The predicted octanol–water partition coefficient (Wildman–Crippen LogP) is 1.49. The fourth-order valence-corrected chi connectivity index (χ4v) is 4.74. The molecular weight excluding hydrogens is 354 g/mol. The van der Waals surface area contributed by atoms with E-state index in [9.17, 15) is 18.0 Å². The molecule has 2 aliphatic rings. The molecule has 0 spiro atoms. The van der Waals surface area contributed by atoms with Crippen molar-refractivity contribution in [2.24, 2.45) is 0 Å². The third-order valence-electron chi connectivity index (χ3n) is 4.81. The van der Waals surface area contributed by atoms with Crippen molar-refractivity contribution in [3.63, 3.8) is 0 Å². The van der Waals surface area contributed by atoms with Crippen molar-refractivity contribution in [2.75, 3.05) is 24.5 Å². The van der Waals surface area contributed by atoms with Gasteiger partial charge in [0.1, 0.15) is 0 Å². The van der Waals surface area contributed by atoms with Crippen LogP contribution in [0, 0.1) is 0 Å². The van der Waals surface area contributed by atoms with Gasteiger partial charge in [-0.25, -0.2) is 13.1 Å². The molecule has 26 heavy (non-hydrogen) atoms. The highest BCUT2D eigenvalue weighted by Gasteiger charge is 2.32. The van der Waals surface area contributed by atoms with Gasteiger partial charge in [0.25, 0.3) is 0 Å². The molecule has 2 fully saturated rings. The van der Waals surface area contributed by atoms with Gasteiger partial charge in [-0.2, -0.15) is 0 Å². The first-order chi connectivity index (χ1) is 12.4. The maximum Gasteiger partial charge on any atom is 0.240 e. The molecule has 7 nitrogen and oxygen atoms in total. The van der Waals surface area contributed by atoms with Crippen LogP contribution in [0.1, 0.15) is 39.0 Å². The number of likely N-dealkylation sites (tertiary alicyclic amines) is 1. The molecule has 2 heterocycles. The van der Waals surface area contributed by atoms with Gasteiger partial charge in [-0.1, -0.05) is 6.92 Å². The highest BCUT2D eigenvalue weighted by Crippen LogP contribution is 2.23. The van der Waals surface area contributed by atoms with Crippen LogP contribution in [0.4, 0.5) is 5.69 Å². The third kappa shape index (κ3) is 4.07. The second-order valence-electron chi connectivity index (χ2n) is 6.86. The molecule has 2 amide bonds. The summed E-state index contributed by atoms with van der Waals surface area (Å²) in [7, 11) is -3.70. The molecular formula is C18H25N3O4S. The van der Waals surface area contributed by atoms with Crippen molar-refractivity contribution in [2.45, 2.75) is 50.0 Å². The summed E-state index contributed by atoms with van der Waals surface area (Å²) in [6.07, 6.45) is 3.44. The normalized spacial score (nSPS) is 21.5. The van der Waals surface area contributed by atoms with Gasteiger partial charge in [0.2, 0.25) is 21.8 Å². The number of carbonyl (C=O) groups is 2. The molecule has 1 unspecified atom stereocenters. The SMILES string of the molecule is CCCN1CC(NS(=O)(=O)c2ccc(N3CCCCC3=O)cc2)CC1=O. The van der Waals surface area contributed by atoms with Crippen LogP contribution in [-0.4, -0.2) is 50.8 Å². The summed E-state index contributed by atoms with van der Waals surface area (Å²) in [6.45, 7) is 3.71. The Morgan fingerprint density at radius 2 is 1.85 bits per heavy atom. The van der Waals surface area contributed by atoms with Crippen molar-refractivity contribution < 1.29 is 18.0 Å². The number of nitrogens with one attached hydrogen (secondary N) is 1. The van der Waals surface area contributed by atoms with Crippen LogP contribution in [0.15, 0.2) is 29.2 Å². The summed E-state index contributed by atoms with van der Waals surface area (Å²) in [4.78, 5) is 27.4. The smallest absolute Gasteiger partial charge is 0.240 e. The van der Waals surface area contributed by atoms with Crippen LogP contribution in [-0.2, 0) is 19.6 Å². The number of sulfonamides is 1. The average Bonchev–Trinajstić information content (AvgIpc) is 2.94. The Kier molecular flexibility index (Phi) is 5.62. The van der Waals surface area contributed by atoms with Crippen LogP contribution in [0.5, 0.6) is 0 Å². The molecule has 2 saturated heterocycles. The van der Waals surface area contributed by atoms with E-state index in [1.54, 1.807) is 21.9 Å². The molecule has 0 saturated carbocycles. The number of rotatable bonds is 6. The second-order valence-corrected chi connectivity index (χ2v) is 8.57. The lowest BCUT2D eigenvalue weighted by Gasteiger charge is -2.26. The predicted molar refractivity (Wildman–Crippen MR) is 98.2 cm³/mol. The standard InChI is InChI=1S/C18H25N3O4S/c1-2-10-20-13-14(12-18(20)23)19-26(24,25)16-8-6-15(7-9-16)21-11-4-3-5-17(21)22/h6-9,14,19H,2-5,10-13H2,1H3. The first-order valence-electron chi connectivity index (χ1n) is 9.11. The molecule has 2 aliphatic heterocycles. The number of piperidine rings is 1. The van der Waals surface area contributed by atoms with Crippen molar-refractivity contribution in [1.29, 1.82) is 0 Å². The van der Waals surface area contributed by atoms with Crippen LogP contribution >= 0.6 is 0 Å². The molecule has 3 rings (SSSR count). The maximum atomic E-state index is 12.6. The van der Waals surface area contributed by atoms with Gasteiger partial charge in [-0.05, 0) is 43.5 Å². The van der Waals surface area contributed by atoms with Gasteiger partial charge in [0.05, 0.1) is 4.90 Å². The highest BCUT2D eigenvalue weighted by atomic mass is 32.2. The Balaban J connectivity index is 1.68. The Bertz CT molecular complexity index is 776. The third-order valence-corrected chi connectivity index (χ3v) is 6.35. The minimum Gasteiger partial charge on any atom is -0.341 e. The Labute approximate surface area is 154 Å². The fourth-order valence-electron chi connectivity index (χ4n) is 3.51. The zero-order valence-electron chi connectivity index (χ0n) is 15.0.